The van der Waals surface area contributed by atoms with Gasteiger partial charge in [-0.1, -0.05) is 19.1 Å². The van der Waals surface area contributed by atoms with Gasteiger partial charge < -0.3 is 24.8 Å². The van der Waals surface area contributed by atoms with E-state index < -0.39 is 0 Å². The fraction of sp³-hybridized carbons (Fsp3) is 0.567. The number of aldehydes is 1. The van der Waals surface area contributed by atoms with Gasteiger partial charge in [0.2, 0.25) is 0 Å². The summed E-state index contributed by atoms with van der Waals surface area (Å²) in [4.78, 5) is 21.1. The van der Waals surface area contributed by atoms with Crippen molar-refractivity contribution in [1.82, 2.24) is 19.8 Å². The van der Waals surface area contributed by atoms with Crippen molar-refractivity contribution in [3.05, 3.63) is 53.1 Å². The number of aromatic nitrogens is 2. The number of carbonyl (C=O) groups excluding carboxylic acids is 1. The summed E-state index contributed by atoms with van der Waals surface area (Å²) in [6.07, 6.45) is 12.0. The van der Waals surface area contributed by atoms with Crippen molar-refractivity contribution >= 4 is 17.5 Å². The number of hydrogen-bond donors (Lipinski definition) is 2. The van der Waals surface area contributed by atoms with Crippen molar-refractivity contribution in [2.45, 2.75) is 51.4 Å². The van der Waals surface area contributed by atoms with Gasteiger partial charge in [-0.3, -0.25) is 4.79 Å². The van der Waals surface area contributed by atoms with E-state index in [0.29, 0.717) is 17.9 Å². The van der Waals surface area contributed by atoms with Crippen LogP contribution in [0.4, 0.5) is 5.69 Å². The lowest BCUT2D eigenvalue weighted by Crippen LogP contribution is -2.40. The van der Waals surface area contributed by atoms with Crippen LogP contribution in [0.5, 0.6) is 0 Å². The van der Waals surface area contributed by atoms with Crippen LogP contribution in [-0.4, -0.2) is 86.1 Å². The van der Waals surface area contributed by atoms with E-state index in [0.717, 1.165) is 26.2 Å². The van der Waals surface area contributed by atoms with Crippen LogP contribution in [0.15, 0.2) is 30.5 Å². The minimum Gasteiger partial charge on any atom is -0.388 e. The summed E-state index contributed by atoms with van der Waals surface area (Å²) in [5, 5.41) is 11.6. The van der Waals surface area contributed by atoms with Crippen molar-refractivity contribution in [3.8, 4) is 6.07 Å². The van der Waals surface area contributed by atoms with E-state index >= 15 is 0 Å². The lowest BCUT2D eigenvalue weighted by molar-refractivity contribution is 0.111. The van der Waals surface area contributed by atoms with E-state index in [2.05, 4.69) is 56.3 Å². The van der Waals surface area contributed by atoms with E-state index in [1.165, 1.54) is 75.6 Å². The number of ether oxygens (including phenoxy) is 1. The van der Waals surface area contributed by atoms with Gasteiger partial charge in [-0.2, -0.15) is 5.26 Å². The van der Waals surface area contributed by atoms with Gasteiger partial charge in [0, 0.05) is 45.0 Å². The second-order valence-electron chi connectivity index (χ2n) is 9.98. The quantitative estimate of drug-likeness (QED) is 0.406. The van der Waals surface area contributed by atoms with Crippen molar-refractivity contribution in [2.24, 2.45) is 0 Å². The Morgan fingerprint density at radius 1 is 1.29 bits per heavy atom. The van der Waals surface area contributed by atoms with E-state index in [1.807, 2.05) is 7.05 Å². The molecule has 2 N–H and O–H groups in total. The lowest BCUT2D eigenvalue weighted by atomic mass is 9.85. The smallest absolute Gasteiger partial charge is 0.185 e. The fourth-order valence-electron chi connectivity index (χ4n) is 5.26. The van der Waals surface area contributed by atoms with E-state index in [4.69, 9.17) is 10.00 Å². The van der Waals surface area contributed by atoms with Crippen LogP contribution in [0.2, 0.25) is 0 Å². The SMILES string of the molecule is CCN(CCOC)CCN1CCC(c2ccc(NC)c(C3=CCCCC3)c2)CC1.N#Cc1cnc(C=O)[nH]1. The number of piperidine rings is 1. The summed E-state index contributed by atoms with van der Waals surface area (Å²) < 4.78 is 5.24. The van der Waals surface area contributed by atoms with Crippen LogP contribution in [0.1, 0.15) is 78.8 Å². The summed E-state index contributed by atoms with van der Waals surface area (Å²) in [6, 6.07) is 8.97. The van der Waals surface area contributed by atoms with Gasteiger partial charge in [-0.25, -0.2) is 4.98 Å². The van der Waals surface area contributed by atoms with Crippen molar-refractivity contribution in [1.29, 1.82) is 5.26 Å². The number of allylic oxidation sites excluding steroid dienone is 2. The first-order valence-corrected chi connectivity index (χ1v) is 14.0. The van der Waals surface area contributed by atoms with Crippen LogP contribution >= 0.6 is 0 Å². The normalized spacial score (nSPS) is 16.3. The van der Waals surface area contributed by atoms with Crippen LogP contribution in [0.3, 0.4) is 0 Å². The molecule has 0 bridgehead atoms. The maximum absolute atomic E-state index is 9.93. The minimum atomic E-state index is 0.187. The molecule has 0 amide bonds. The highest BCUT2D eigenvalue weighted by atomic mass is 16.5. The van der Waals surface area contributed by atoms with Crippen molar-refractivity contribution in [2.75, 3.05) is 65.3 Å². The Hall–Kier alpha value is -2.99. The molecule has 0 saturated carbocycles. The van der Waals surface area contributed by atoms with Gasteiger partial charge in [0.1, 0.15) is 11.8 Å². The first kappa shape index (κ1) is 29.6. The highest BCUT2D eigenvalue weighted by Crippen LogP contribution is 2.36. The van der Waals surface area contributed by atoms with Crippen LogP contribution < -0.4 is 5.32 Å². The highest BCUT2D eigenvalue weighted by molar-refractivity contribution is 5.77. The Morgan fingerprint density at radius 3 is 2.68 bits per heavy atom. The molecule has 206 valence electrons. The Bertz CT molecular complexity index is 1060. The molecule has 8 nitrogen and oxygen atoms in total. The number of likely N-dealkylation sites (N-methyl/N-ethyl adjacent to an activating group) is 1. The summed E-state index contributed by atoms with van der Waals surface area (Å²) >= 11 is 0. The molecule has 2 aromatic rings. The number of hydrogen-bond acceptors (Lipinski definition) is 7. The summed E-state index contributed by atoms with van der Waals surface area (Å²) in [6.45, 7) is 10.0. The number of nitriles is 1. The summed E-state index contributed by atoms with van der Waals surface area (Å²) in [5.41, 5.74) is 6.13. The zero-order chi connectivity index (χ0) is 27.2. The zero-order valence-corrected chi connectivity index (χ0v) is 23.3. The molecule has 0 atom stereocenters. The Kier molecular flexibility index (Phi) is 12.5. The summed E-state index contributed by atoms with van der Waals surface area (Å²) in [7, 11) is 3.84. The number of nitrogens with one attached hydrogen (secondary N) is 2. The molecule has 0 spiro atoms. The first-order chi connectivity index (χ1) is 18.6. The molecule has 1 aromatic heterocycles. The number of imidazole rings is 1. The first-order valence-electron chi connectivity index (χ1n) is 14.0. The third-order valence-corrected chi connectivity index (χ3v) is 7.63. The zero-order valence-electron chi connectivity index (χ0n) is 23.3. The Labute approximate surface area is 228 Å². The number of anilines is 1. The minimum absolute atomic E-state index is 0.187. The summed E-state index contributed by atoms with van der Waals surface area (Å²) in [5.74, 6) is 0.891. The average Bonchev–Trinajstić information content (AvgIpc) is 3.47. The molecule has 1 aliphatic heterocycles. The topological polar surface area (TPSA) is 97.3 Å². The Balaban J connectivity index is 0.000000375. The van der Waals surface area contributed by atoms with Gasteiger partial charge in [-0.05, 0) is 87.3 Å². The molecule has 0 radical (unpaired) electrons. The Morgan fingerprint density at radius 2 is 2.11 bits per heavy atom. The van der Waals surface area contributed by atoms with Gasteiger partial charge >= 0.3 is 0 Å². The van der Waals surface area contributed by atoms with Crippen LogP contribution in [-0.2, 0) is 4.74 Å². The molecule has 8 heteroatoms. The molecule has 4 rings (SSSR count). The number of carbonyl (C=O) groups is 1. The molecule has 1 aliphatic carbocycles. The number of rotatable bonds is 11. The van der Waals surface area contributed by atoms with Gasteiger partial charge in [0.15, 0.2) is 12.1 Å². The maximum Gasteiger partial charge on any atom is 0.185 e. The van der Waals surface area contributed by atoms with Gasteiger partial charge in [0.05, 0.1) is 12.8 Å². The molecule has 2 heterocycles. The van der Waals surface area contributed by atoms with Crippen LogP contribution in [0.25, 0.3) is 5.57 Å². The maximum atomic E-state index is 9.93. The standard InChI is InChI=1S/C25H41N3O.C5H3N3O/c1-4-27(18-19-29-3)16-17-28-14-12-21(13-15-28)23-10-11-25(26-2)24(20-23)22-8-6-5-7-9-22;6-1-4-2-7-5(3-9)8-4/h8,10-11,20-21,26H,4-7,9,12-19H2,1-3H3;2-3H,(H,7,8). The van der Waals surface area contributed by atoms with Crippen molar-refractivity contribution in [3.63, 3.8) is 0 Å². The molecule has 1 aromatic carbocycles. The molecular weight excluding hydrogens is 476 g/mol. The molecule has 1 fully saturated rings. The molecule has 1 saturated heterocycles. The lowest BCUT2D eigenvalue weighted by Gasteiger charge is -2.34. The predicted octanol–water partition coefficient (Wildman–Crippen LogP) is 4.93. The predicted molar refractivity (Wildman–Crippen MR) is 154 cm³/mol. The van der Waals surface area contributed by atoms with E-state index in [1.54, 1.807) is 24.3 Å². The average molecular weight is 521 g/mol. The van der Waals surface area contributed by atoms with Gasteiger partial charge in [0.25, 0.3) is 0 Å². The third-order valence-electron chi connectivity index (χ3n) is 7.63. The van der Waals surface area contributed by atoms with Gasteiger partial charge in [-0.15, -0.1) is 0 Å². The number of nitrogens with zero attached hydrogens (tertiary/aromatic N) is 4. The highest BCUT2D eigenvalue weighted by Gasteiger charge is 2.22. The monoisotopic (exact) mass is 520 g/mol. The molecule has 38 heavy (non-hydrogen) atoms. The van der Waals surface area contributed by atoms with E-state index in [9.17, 15) is 4.79 Å². The number of aromatic amines is 1. The third kappa shape index (κ3) is 8.80. The molecule has 0 unspecified atom stereocenters. The van der Waals surface area contributed by atoms with E-state index in [-0.39, 0.29) is 5.82 Å². The second-order valence-corrected chi connectivity index (χ2v) is 9.98. The second kappa shape index (κ2) is 16.1. The number of benzene rings is 1. The molecular formula is C30H44N6O2. The van der Waals surface area contributed by atoms with Crippen molar-refractivity contribution < 1.29 is 9.53 Å². The van der Waals surface area contributed by atoms with Crippen LogP contribution in [0, 0.1) is 11.3 Å². The fourth-order valence-corrected chi connectivity index (χ4v) is 5.26. The largest absolute Gasteiger partial charge is 0.388 e. The number of likely N-dealkylation sites (tertiary alicyclic amines) is 1. The molecule has 2 aliphatic rings. The number of methoxy groups -OCH3 is 1. The number of H-pyrrole nitrogens is 1.